The molecule has 136 valence electrons. The van der Waals surface area contributed by atoms with Crippen molar-refractivity contribution in [1.29, 1.82) is 0 Å². The van der Waals surface area contributed by atoms with E-state index >= 15 is 0 Å². The Morgan fingerprint density at radius 2 is 1.52 bits per heavy atom. The summed E-state index contributed by atoms with van der Waals surface area (Å²) in [6.45, 7) is 20.8. The third-order valence-corrected chi connectivity index (χ3v) is 14.8. The first-order chi connectivity index (χ1) is 10.2. The molecule has 1 saturated heterocycles. The van der Waals surface area contributed by atoms with Gasteiger partial charge in [0.2, 0.25) is 0 Å². The van der Waals surface area contributed by atoms with E-state index in [0.717, 1.165) is 12.0 Å². The van der Waals surface area contributed by atoms with E-state index in [1.807, 2.05) is 0 Å². The predicted molar refractivity (Wildman–Crippen MR) is 105 cm³/mol. The Kier molecular flexibility index (Phi) is 5.49. The molecule has 0 bridgehead atoms. The van der Waals surface area contributed by atoms with Gasteiger partial charge in [-0.2, -0.15) is 0 Å². The SMILES string of the molecule is CC(C[Si](C)(O[Si](C)(C)C)O[Si](C)(C)C)C1CCC2OC2(C)C1. The van der Waals surface area contributed by atoms with E-state index in [4.69, 9.17) is 13.0 Å². The second kappa shape index (κ2) is 6.36. The molecule has 2 rings (SSSR count). The molecule has 1 saturated carbocycles. The molecule has 0 radical (unpaired) electrons. The van der Waals surface area contributed by atoms with Gasteiger partial charge in [0, 0.05) is 0 Å². The van der Waals surface area contributed by atoms with Crippen LogP contribution < -0.4 is 0 Å². The van der Waals surface area contributed by atoms with Crippen LogP contribution in [0.25, 0.3) is 0 Å². The van der Waals surface area contributed by atoms with Crippen LogP contribution in [0, 0.1) is 11.8 Å². The Morgan fingerprint density at radius 3 is 1.96 bits per heavy atom. The largest absolute Gasteiger partial charge is 0.437 e. The van der Waals surface area contributed by atoms with Crippen LogP contribution in [-0.4, -0.2) is 36.9 Å². The lowest BCUT2D eigenvalue weighted by Crippen LogP contribution is -2.53. The van der Waals surface area contributed by atoms with Crippen LogP contribution in [0.2, 0.25) is 51.9 Å². The highest BCUT2D eigenvalue weighted by atomic mass is 28.5. The Bertz CT molecular complexity index is 414. The van der Waals surface area contributed by atoms with Gasteiger partial charge in [-0.05, 0) is 89.9 Å². The molecular weight excluding hydrogens is 336 g/mol. The third-order valence-electron chi connectivity index (χ3n) is 5.04. The van der Waals surface area contributed by atoms with Crippen LogP contribution in [0.4, 0.5) is 0 Å². The van der Waals surface area contributed by atoms with Gasteiger partial charge >= 0.3 is 8.56 Å². The Labute approximate surface area is 147 Å². The highest BCUT2D eigenvalue weighted by molar-refractivity contribution is 6.87. The first kappa shape index (κ1) is 19.9. The number of hydrogen-bond donors (Lipinski definition) is 0. The molecule has 1 aliphatic carbocycles. The summed E-state index contributed by atoms with van der Waals surface area (Å²) in [6.07, 6.45) is 4.33. The topological polar surface area (TPSA) is 31.0 Å². The summed E-state index contributed by atoms with van der Waals surface area (Å²) < 4.78 is 19.3. The number of epoxide rings is 1. The number of fused-ring (bicyclic) bond motifs is 1. The molecule has 0 aromatic carbocycles. The minimum absolute atomic E-state index is 0.189. The maximum Gasteiger partial charge on any atom is 0.314 e. The van der Waals surface area contributed by atoms with Gasteiger partial charge in [-0.1, -0.05) is 6.92 Å². The van der Waals surface area contributed by atoms with Crippen molar-refractivity contribution in [2.24, 2.45) is 11.8 Å². The number of rotatable bonds is 7. The van der Waals surface area contributed by atoms with Gasteiger partial charge in [-0.3, -0.25) is 0 Å². The monoisotopic (exact) mass is 374 g/mol. The normalized spacial score (nSPS) is 33.3. The molecule has 1 heterocycles. The van der Waals surface area contributed by atoms with E-state index in [9.17, 15) is 0 Å². The molecule has 0 aromatic rings. The van der Waals surface area contributed by atoms with Crippen LogP contribution in [0.15, 0.2) is 0 Å². The van der Waals surface area contributed by atoms with Gasteiger partial charge in [0.15, 0.2) is 16.6 Å². The first-order valence-corrected chi connectivity index (χ1v) is 18.6. The highest BCUT2D eigenvalue weighted by Gasteiger charge is 2.56. The quantitative estimate of drug-likeness (QED) is 0.444. The average molecular weight is 375 g/mol. The van der Waals surface area contributed by atoms with Crippen LogP contribution in [-0.2, 0) is 13.0 Å². The molecule has 2 fully saturated rings. The van der Waals surface area contributed by atoms with Gasteiger partial charge in [-0.15, -0.1) is 0 Å². The highest BCUT2D eigenvalue weighted by Crippen LogP contribution is 2.52. The van der Waals surface area contributed by atoms with Crippen LogP contribution in [0.1, 0.15) is 33.1 Å². The van der Waals surface area contributed by atoms with Crippen LogP contribution in [0.3, 0.4) is 0 Å². The Morgan fingerprint density at radius 1 is 1.00 bits per heavy atom. The van der Waals surface area contributed by atoms with Gasteiger partial charge in [-0.25, -0.2) is 0 Å². The maximum absolute atomic E-state index is 6.68. The van der Waals surface area contributed by atoms with Gasteiger partial charge in [0.25, 0.3) is 0 Å². The summed E-state index contributed by atoms with van der Waals surface area (Å²) in [5.41, 5.74) is 0.189. The fraction of sp³-hybridized carbons (Fsp3) is 1.00. The minimum atomic E-state index is -2.12. The van der Waals surface area contributed by atoms with Crippen molar-refractivity contribution < 1.29 is 13.0 Å². The molecule has 0 spiro atoms. The van der Waals surface area contributed by atoms with Crippen molar-refractivity contribution in [1.82, 2.24) is 0 Å². The summed E-state index contributed by atoms with van der Waals surface area (Å²) in [4.78, 5) is 0. The maximum atomic E-state index is 6.68. The summed E-state index contributed by atoms with van der Waals surface area (Å²) in [5, 5.41) is 0. The lowest BCUT2D eigenvalue weighted by molar-refractivity contribution is 0.227. The average Bonchev–Trinajstić information content (AvgIpc) is 2.92. The van der Waals surface area contributed by atoms with Crippen molar-refractivity contribution in [3.8, 4) is 0 Å². The van der Waals surface area contributed by atoms with E-state index in [0.29, 0.717) is 12.0 Å². The van der Waals surface area contributed by atoms with Gasteiger partial charge in [0.1, 0.15) is 0 Å². The van der Waals surface area contributed by atoms with Crippen molar-refractivity contribution in [3.05, 3.63) is 0 Å². The zero-order valence-corrected chi connectivity index (χ0v) is 19.8. The molecule has 2 aliphatic rings. The smallest absolute Gasteiger partial charge is 0.314 e. The van der Waals surface area contributed by atoms with Crippen molar-refractivity contribution >= 4 is 25.2 Å². The Hall–Kier alpha value is 0.531. The molecule has 3 nitrogen and oxygen atoms in total. The van der Waals surface area contributed by atoms with Crippen molar-refractivity contribution in [2.45, 2.75) is 96.7 Å². The minimum Gasteiger partial charge on any atom is -0.437 e. The first-order valence-electron chi connectivity index (χ1n) is 9.30. The zero-order valence-electron chi connectivity index (χ0n) is 16.8. The van der Waals surface area contributed by atoms with Crippen LogP contribution >= 0.6 is 0 Å². The van der Waals surface area contributed by atoms with E-state index in [1.54, 1.807) is 0 Å². The van der Waals surface area contributed by atoms with E-state index in [-0.39, 0.29) is 5.60 Å². The molecule has 6 heteroatoms. The zero-order chi connectivity index (χ0) is 17.7. The van der Waals surface area contributed by atoms with Crippen LogP contribution in [0.5, 0.6) is 0 Å². The molecular formula is C17H38O3Si3. The van der Waals surface area contributed by atoms with E-state index < -0.39 is 25.2 Å². The van der Waals surface area contributed by atoms with Gasteiger partial charge in [0.05, 0.1) is 11.7 Å². The standard InChI is InChI=1S/C17H38O3Si3/c1-14(15-10-11-16-17(2,12-15)18-16)13-23(9,19-21(3,4)5)20-22(6,7)8/h14-16H,10-13H2,1-9H3. The van der Waals surface area contributed by atoms with Crippen molar-refractivity contribution in [2.75, 3.05) is 0 Å². The lowest BCUT2D eigenvalue weighted by atomic mass is 9.77. The van der Waals surface area contributed by atoms with E-state index in [1.165, 1.54) is 19.3 Å². The second-order valence-corrected chi connectivity index (χ2v) is 23.0. The number of hydrogen-bond acceptors (Lipinski definition) is 3. The Balaban J connectivity index is 2.03. The summed E-state index contributed by atoms with van der Waals surface area (Å²) in [7, 11) is -5.31. The summed E-state index contributed by atoms with van der Waals surface area (Å²) in [6, 6.07) is 1.13. The van der Waals surface area contributed by atoms with Crippen molar-refractivity contribution in [3.63, 3.8) is 0 Å². The molecule has 4 unspecified atom stereocenters. The molecule has 0 aromatic heterocycles. The number of ether oxygens (including phenoxy) is 1. The summed E-state index contributed by atoms with van der Waals surface area (Å²) in [5.74, 6) is 1.43. The lowest BCUT2D eigenvalue weighted by Gasteiger charge is -2.41. The molecule has 0 N–H and O–H groups in total. The summed E-state index contributed by atoms with van der Waals surface area (Å²) >= 11 is 0. The molecule has 23 heavy (non-hydrogen) atoms. The second-order valence-electron chi connectivity index (χ2n) is 10.2. The fourth-order valence-electron chi connectivity index (χ4n) is 4.46. The predicted octanol–water partition coefficient (Wildman–Crippen LogP) is 5.36. The van der Waals surface area contributed by atoms with E-state index in [2.05, 4.69) is 59.7 Å². The third kappa shape index (κ3) is 5.78. The molecule has 1 aliphatic heterocycles. The van der Waals surface area contributed by atoms with Gasteiger partial charge < -0.3 is 13.0 Å². The fourth-order valence-corrected chi connectivity index (χ4v) is 17.5. The molecule has 0 amide bonds. The molecule has 4 atom stereocenters.